The molecule has 2 rings (SSSR count). The molecule has 0 amide bonds. The largest absolute Gasteiger partial charge is 0.396 e. The minimum Gasteiger partial charge on any atom is -0.396 e. The standard InChI is InChI=1S/C20H26O2S/c1-16(15-21)11-12-18-13-14-20(23-18)19(22)10-6-5-9-17-7-3-2-4-8-17/h2-4,7-8,13-14,16,21H,5-6,9-12,15H2,1H3. The normalized spacial score (nSPS) is 12.3. The van der Waals surface area contributed by atoms with E-state index in [-0.39, 0.29) is 12.4 Å². The molecule has 3 heteroatoms. The average molecular weight is 330 g/mol. The van der Waals surface area contributed by atoms with Crippen molar-refractivity contribution < 1.29 is 9.90 Å². The second-order valence-electron chi connectivity index (χ2n) is 6.21. The Morgan fingerprint density at radius 3 is 2.61 bits per heavy atom. The summed E-state index contributed by atoms with van der Waals surface area (Å²) in [5, 5.41) is 9.06. The van der Waals surface area contributed by atoms with E-state index in [4.69, 9.17) is 5.11 Å². The topological polar surface area (TPSA) is 37.3 Å². The number of ketones is 1. The van der Waals surface area contributed by atoms with Crippen LogP contribution in [0.15, 0.2) is 42.5 Å². The summed E-state index contributed by atoms with van der Waals surface area (Å²) in [4.78, 5) is 14.4. The van der Waals surface area contributed by atoms with Gasteiger partial charge in [-0.1, -0.05) is 37.3 Å². The highest BCUT2D eigenvalue weighted by Crippen LogP contribution is 2.22. The number of Topliss-reactive ketones (excluding diaryl/α,β-unsaturated/α-hetero) is 1. The van der Waals surface area contributed by atoms with Gasteiger partial charge >= 0.3 is 0 Å². The predicted molar refractivity (Wildman–Crippen MR) is 97.2 cm³/mol. The lowest BCUT2D eigenvalue weighted by atomic mass is 10.1. The molecule has 1 unspecified atom stereocenters. The first-order chi connectivity index (χ1) is 11.2. The zero-order valence-electron chi connectivity index (χ0n) is 13.8. The van der Waals surface area contributed by atoms with Crippen LogP contribution in [0.1, 0.15) is 52.7 Å². The van der Waals surface area contributed by atoms with Crippen LogP contribution >= 0.6 is 11.3 Å². The van der Waals surface area contributed by atoms with Gasteiger partial charge in [0, 0.05) is 17.9 Å². The fourth-order valence-electron chi connectivity index (χ4n) is 2.52. The predicted octanol–water partition coefficient (Wildman–Crippen LogP) is 4.90. The van der Waals surface area contributed by atoms with Crippen molar-refractivity contribution in [2.75, 3.05) is 6.61 Å². The zero-order chi connectivity index (χ0) is 16.5. The van der Waals surface area contributed by atoms with Crippen LogP contribution in [-0.2, 0) is 12.8 Å². The van der Waals surface area contributed by atoms with Crippen LogP contribution in [0.4, 0.5) is 0 Å². The van der Waals surface area contributed by atoms with Crippen molar-refractivity contribution >= 4 is 17.1 Å². The lowest BCUT2D eigenvalue weighted by Crippen LogP contribution is -2.01. The third-order valence-corrected chi connectivity index (χ3v) is 5.28. The molecule has 124 valence electrons. The van der Waals surface area contributed by atoms with Crippen molar-refractivity contribution in [3.8, 4) is 0 Å². The monoisotopic (exact) mass is 330 g/mol. The Balaban J connectivity index is 1.70. The Kier molecular flexibility index (Phi) is 7.50. The van der Waals surface area contributed by atoms with E-state index in [0.717, 1.165) is 37.0 Å². The summed E-state index contributed by atoms with van der Waals surface area (Å²) < 4.78 is 0. The molecule has 23 heavy (non-hydrogen) atoms. The third-order valence-electron chi connectivity index (χ3n) is 4.09. The zero-order valence-corrected chi connectivity index (χ0v) is 14.6. The quantitative estimate of drug-likeness (QED) is 0.497. The van der Waals surface area contributed by atoms with E-state index >= 15 is 0 Å². The molecule has 1 aromatic carbocycles. The van der Waals surface area contributed by atoms with Gasteiger partial charge in [-0.05, 0) is 55.7 Å². The highest BCUT2D eigenvalue weighted by molar-refractivity contribution is 7.14. The van der Waals surface area contributed by atoms with Crippen LogP contribution in [0.5, 0.6) is 0 Å². The lowest BCUT2D eigenvalue weighted by molar-refractivity contribution is 0.0983. The first-order valence-electron chi connectivity index (χ1n) is 8.45. The van der Waals surface area contributed by atoms with Crippen LogP contribution in [0.3, 0.4) is 0 Å². The summed E-state index contributed by atoms with van der Waals surface area (Å²) in [7, 11) is 0. The van der Waals surface area contributed by atoms with Gasteiger partial charge in [-0.2, -0.15) is 0 Å². The molecule has 1 heterocycles. The van der Waals surface area contributed by atoms with Gasteiger partial charge in [0.2, 0.25) is 0 Å². The number of carbonyl (C=O) groups excluding carboxylic acids is 1. The van der Waals surface area contributed by atoms with Crippen LogP contribution in [-0.4, -0.2) is 17.5 Å². The number of aliphatic hydroxyl groups is 1. The van der Waals surface area contributed by atoms with Crippen molar-refractivity contribution in [1.82, 2.24) is 0 Å². The van der Waals surface area contributed by atoms with Gasteiger partial charge in [0.25, 0.3) is 0 Å². The summed E-state index contributed by atoms with van der Waals surface area (Å²) >= 11 is 1.62. The molecule has 0 bridgehead atoms. The van der Waals surface area contributed by atoms with Crippen LogP contribution < -0.4 is 0 Å². The van der Waals surface area contributed by atoms with E-state index in [1.165, 1.54) is 10.4 Å². The van der Waals surface area contributed by atoms with Gasteiger partial charge in [-0.25, -0.2) is 0 Å². The number of unbranched alkanes of at least 4 members (excludes halogenated alkanes) is 1. The fourth-order valence-corrected chi connectivity index (χ4v) is 3.52. The minimum absolute atomic E-state index is 0.235. The summed E-state index contributed by atoms with van der Waals surface area (Å²) in [6.45, 7) is 2.28. The van der Waals surface area contributed by atoms with Crippen LogP contribution in [0.25, 0.3) is 0 Å². The maximum Gasteiger partial charge on any atom is 0.172 e. The molecule has 2 aromatic rings. The van der Waals surface area contributed by atoms with E-state index in [2.05, 4.69) is 30.3 Å². The first-order valence-corrected chi connectivity index (χ1v) is 9.27. The number of rotatable bonds is 10. The number of aryl methyl sites for hydroxylation is 2. The van der Waals surface area contributed by atoms with Gasteiger partial charge < -0.3 is 5.11 Å². The van der Waals surface area contributed by atoms with Crippen molar-refractivity contribution in [2.45, 2.75) is 45.4 Å². The number of hydrogen-bond acceptors (Lipinski definition) is 3. The Bertz CT molecular complexity index is 589. The molecule has 2 nitrogen and oxygen atoms in total. The minimum atomic E-state index is 0.235. The van der Waals surface area contributed by atoms with Crippen LogP contribution in [0.2, 0.25) is 0 Å². The van der Waals surface area contributed by atoms with E-state index in [0.29, 0.717) is 12.3 Å². The molecular formula is C20H26O2S. The molecule has 1 aromatic heterocycles. The number of carbonyl (C=O) groups is 1. The van der Waals surface area contributed by atoms with Crippen molar-refractivity contribution in [1.29, 1.82) is 0 Å². The molecular weight excluding hydrogens is 304 g/mol. The molecule has 0 fully saturated rings. The molecule has 0 aliphatic rings. The molecule has 0 aliphatic carbocycles. The van der Waals surface area contributed by atoms with E-state index in [9.17, 15) is 4.79 Å². The number of hydrogen-bond donors (Lipinski definition) is 1. The summed E-state index contributed by atoms with van der Waals surface area (Å²) in [5.74, 6) is 0.596. The van der Waals surface area contributed by atoms with Crippen LogP contribution in [0, 0.1) is 5.92 Å². The highest BCUT2D eigenvalue weighted by atomic mass is 32.1. The van der Waals surface area contributed by atoms with E-state index in [1.807, 2.05) is 19.1 Å². The Morgan fingerprint density at radius 2 is 1.87 bits per heavy atom. The Morgan fingerprint density at radius 1 is 1.09 bits per heavy atom. The Hall–Kier alpha value is -1.45. The molecule has 0 spiro atoms. The van der Waals surface area contributed by atoms with E-state index in [1.54, 1.807) is 11.3 Å². The Labute approximate surface area is 143 Å². The second-order valence-corrected chi connectivity index (χ2v) is 7.38. The van der Waals surface area contributed by atoms with Gasteiger partial charge in [0.1, 0.15) is 0 Å². The van der Waals surface area contributed by atoms with Crippen molar-refractivity contribution in [3.05, 3.63) is 57.8 Å². The fraction of sp³-hybridized carbons (Fsp3) is 0.450. The smallest absolute Gasteiger partial charge is 0.172 e. The summed E-state index contributed by atoms with van der Waals surface area (Å²) in [6.07, 6.45) is 5.61. The summed E-state index contributed by atoms with van der Waals surface area (Å²) in [5.41, 5.74) is 1.34. The molecule has 1 N–H and O–H groups in total. The van der Waals surface area contributed by atoms with E-state index < -0.39 is 0 Å². The average Bonchev–Trinajstić information content (AvgIpc) is 3.06. The van der Waals surface area contributed by atoms with Crippen molar-refractivity contribution in [2.24, 2.45) is 5.92 Å². The van der Waals surface area contributed by atoms with Gasteiger partial charge in [0.15, 0.2) is 5.78 Å². The first kappa shape index (κ1) is 17.9. The second kappa shape index (κ2) is 9.64. The molecule has 0 radical (unpaired) electrons. The molecule has 0 aliphatic heterocycles. The number of benzene rings is 1. The third kappa shape index (κ3) is 6.28. The maximum atomic E-state index is 12.2. The van der Waals surface area contributed by atoms with Gasteiger partial charge in [0.05, 0.1) is 4.88 Å². The number of thiophene rings is 1. The SMILES string of the molecule is CC(CO)CCc1ccc(C(=O)CCCCc2ccccc2)s1. The molecule has 0 saturated carbocycles. The highest BCUT2D eigenvalue weighted by Gasteiger charge is 2.10. The maximum absolute atomic E-state index is 12.2. The molecule has 1 atom stereocenters. The van der Waals surface area contributed by atoms with Gasteiger partial charge in [-0.15, -0.1) is 11.3 Å². The number of aliphatic hydroxyl groups excluding tert-OH is 1. The summed E-state index contributed by atoms with van der Waals surface area (Å²) in [6, 6.07) is 14.5. The lowest BCUT2D eigenvalue weighted by Gasteiger charge is -2.05. The molecule has 0 saturated heterocycles. The van der Waals surface area contributed by atoms with Crippen molar-refractivity contribution in [3.63, 3.8) is 0 Å². The van der Waals surface area contributed by atoms with Gasteiger partial charge in [-0.3, -0.25) is 4.79 Å².